The summed E-state index contributed by atoms with van der Waals surface area (Å²) in [5.41, 5.74) is -2.57. The topological polar surface area (TPSA) is 69.6 Å². The number of rotatable bonds is 4. The van der Waals surface area contributed by atoms with Crippen LogP contribution in [0, 0.1) is 0 Å². The maximum absolute atomic E-state index is 13.1. The third-order valence-corrected chi connectivity index (χ3v) is 5.12. The zero-order chi connectivity index (χ0) is 23.7. The standard InChI is InChI=1S/C21H18F6N2O3/c22-20(23,24)15-8-14(9-16(10-15)21(25,26)27)13-4-1-3-12(7-13)11-28-18(30)17-5-2-6-29(17)19(31)32/h1,3-4,7-10,17H,2,5-6,11H2,(H,28,30)(H,31,32)/t17-/m0/s1. The first-order valence-electron chi connectivity index (χ1n) is 9.52. The Kier molecular flexibility index (Phi) is 6.38. The van der Waals surface area contributed by atoms with Gasteiger partial charge in [-0.3, -0.25) is 9.69 Å². The van der Waals surface area contributed by atoms with Crippen LogP contribution < -0.4 is 5.32 Å². The molecule has 32 heavy (non-hydrogen) atoms. The van der Waals surface area contributed by atoms with E-state index in [0.29, 0.717) is 30.5 Å². The number of carboxylic acid groups (broad SMARTS) is 1. The first kappa shape index (κ1) is 23.4. The quantitative estimate of drug-likeness (QED) is 0.620. The molecule has 1 atom stereocenters. The second kappa shape index (κ2) is 8.71. The highest BCUT2D eigenvalue weighted by Gasteiger charge is 2.37. The highest BCUT2D eigenvalue weighted by molar-refractivity contribution is 5.85. The molecule has 0 bridgehead atoms. The molecule has 3 rings (SSSR count). The molecule has 1 aliphatic heterocycles. The fraction of sp³-hybridized carbons (Fsp3) is 0.333. The van der Waals surface area contributed by atoms with Gasteiger partial charge in [-0.25, -0.2) is 4.79 Å². The number of hydrogen-bond acceptors (Lipinski definition) is 2. The Morgan fingerprint density at radius 2 is 1.59 bits per heavy atom. The molecule has 172 valence electrons. The number of nitrogens with one attached hydrogen (secondary N) is 1. The second-order valence-electron chi connectivity index (χ2n) is 7.35. The van der Waals surface area contributed by atoms with Crippen LogP contribution in [-0.2, 0) is 23.7 Å². The van der Waals surface area contributed by atoms with Gasteiger partial charge in [0.25, 0.3) is 0 Å². The molecule has 0 unspecified atom stereocenters. The Morgan fingerprint density at radius 3 is 2.16 bits per heavy atom. The van der Waals surface area contributed by atoms with Crippen molar-refractivity contribution in [2.75, 3.05) is 6.54 Å². The number of hydrogen-bond donors (Lipinski definition) is 2. The highest BCUT2D eigenvalue weighted by Crippen LogP contribution is 2.38. The van der Waals surface area contributed by atoms with Crippen LogP contribution >= 0.6 is 0 Å². The van der Waals surface area contributed by atoms with Crippen LogP contribution in [0.25, 0.3) is 11.1 Å². The number of amides is 2. The number of carbonyl (C=O) groups excluding carboxylic acids is 1. The van der Waals surface area contributed by atoms with Crippen molar-refractivity contribution in [3.8, 4) is 11.1 Å². The molecule has 0 aliphatic carbocycles. The van der Waals surface area contributed by atoms with Gasteiger partial charge in [0.2, 0.25) is 5.91 Å². The lowest BCUT2D eigenvalue weighted by atomic mass is 9.97. The Labute approximate surface area is 178 Å². The van der Waals surface area contributed by atoms with Crippen molar-refractivity contribution in [3.63, 3.8) is 0 Å². The van der Waals surface area contributed by atoms with E-state index >= 15 is 0 Å². The highest BCUT2D eigenvalue weighted by atomic mass is 19.4. The number of alkyl halides is 6. The Hall–Kier alpha value is -3.24. The molecular formula is C21H18F6N2O3. The van der Waals surface area contributed by atoms with Crippen LogP contribution in [0.15, 0.2) is 42.5 Å². The van der Waals surface area contributed by atoms with Crippen molar-refractivity contribution in [2.45, 2.75) is 37.8 Å². The van der Waals surface area contributed by atoms with Gasteiger partial charge >= 0.3 is 18.4 Å². The van der Waals surface area contributed by atoms with E-state index in [1.54, 1.807) is 6.07 Å². The first-order valence-corrected chi connectivity index (χ1v) is 9.52. The van der Waals surface area contributed by atoms with Gasteiger partial charge in [-0.05, 0) is 53.8 Å². The number of benzene rings is 2. The van der Waals surface area contributed by atoms with Crippen LogP contribution in [0.3, 0.4) is 0 Å². The molecule has 0 saturated carbocycles. The molecule has 2 N–H and O–H groups in total. The summed E-state index contributed by atoms with van der Waals surface area (Å²) in [6.07, 6.45) is -10.2. The van der Waals surface area contributed by atoms with Crippen molar-refractivity contribution in [2.24, 2.45) is 0 Å². The molecule has 2 aromatic carbocycles. The normalized spacial score (nSPS) is 16.8. The van der Waals surface area contributed by atoms with Gasteiger partial charge in [-0.1, -0.05) is 18.2 Å². The molecule has 1 saturated heterocycles. The summed E-state index contributed by atoms with van der Waals surface area (Å²) in [7, 11) is 0. The number of carbonyl (C=O) groups is 2. The predicted octanol–water partition coefficient (Wildman–Crippen LogP) is 5.15. The minimum atomic E-state index is -4.96. The second-order valence-corrected chi connectivity index (χ2v) is 7.35. The lowest BCUT2D eigenvalue weighted by Crippen LogP contribution is -2.45. The van der Waals surface area contributed by atoms with Crippen LogP contribution in [0.2, 0.25) is 0 Å². The molecule has 1 aliphatic rings. The van der Waals surface area contributed by atoms with Gasteiger partial charge in [-0.15, -0.1) is 0 Å². The van der Waals surface area contributed by atoms with E-state index in [9.17, 15) is 35.9 Å². The van der Waals surface area contributed by atoms with Crippen molar-refractivity contribution in [3.05, 3.63) is 59.2 Å². The smallest absolute Gasteiger partial charge is 0.416 e. The van der Waals surface area contributed by atoms with E-state index in [0.717, 1.165) is 4.90 Å². The van der Waals surface area contributed by atoms with Crippen molar-refractivity contribution >= 4 is 12.0 Å². The number of likely N-dealkylation sites (tertiary alicyclic amines) is 1. The first-order chi connectivity index (χ1) is 14.9. The lowest BCUT2D eigenvalue weighted by Gasteiger charge is -2.20. The Balaban J connectivity index is 1.83. The zero-order valence-electron chi connectivity index (χ0n) is 16.4. The van der Waals surface area contributed by atoms with Crippen LogP contribution in [0.1, 0.15) is 29.5 Å². The largest absolute Gasteiger partial charge is 0.465 e. The maximum atomic E-state index is 13.1. The molecule has 1 fully saturated rings. The van der Waals surface area contributed by atoms with E-state index in [2.05, 4.69) is 5.32 Å². The Morgan fingerprint density at radius 1 is 0.969 bits per heavy atom. The summed E-state index contributed by atoms with van der Waals surface area (Å²) in [6, 6.07) is 6.22. The fourth-order valence-electron chi connectivity index (χ4n) is 3.56. The van der Waals surface area contributed by atoms with Gasteiger partial charge in [0.15, 0.2) is 0 Å². The van der Waals surface area contributed by atoms with Gasteiger partial charge < -0.3 is 10.4 Å². The summed E-state index contributed by atoms with van der Waals surface area (Å²) in [4.78, 5) is 24.5. The SMILES string of the molecule is O=C(NCc1cccc(-c2cc(C(F)(F)F)cc(C(F)(F)F)c2)c1)[C@@H]1CCCN1C(=O)O. The lowest BCUT2D eigenvalue weighted by molar-refractivity contribution is -0.143. The summed E-state index contributed by atoms with van der Waals surface area (Å²) < 4.78 is 78.7. The summed E-state index contributed by atoms with van der Waals surface area (Å²) in [5.74, 6) is -0.520. The van der Waals surface area contributed by atoms with E-state index in [1.165, 1.54) is 18.2 Å². The van der Waals surface area contributed by atoms with Crippen LogP contribution in [0.4, 0.5) is 31.1 Å². The molecule has 2 amide bonds. The molecule has 11 heteroatoms. The van der Waals surface area contributed by atoms with E-state index < -0.39 is 41.5 Å². The molecule has 0 radical (unpaired) electrons. The van der Waals surface area contributed by atoms with Gasteiger partial charge in [0, 0.05) is 13.1 Å². The molecule has 0 spiro atoms. The average Bonchev–Trinajstić information content (AvgIpc) is 3.21. The molecule has 2 aromatic rings. The predicted molar refractivity (Wildman–Crippen MR) is 101 cm³/mol. The van der Waals surface area contributed by atoms with Gasteiger partial charge in [0.1, 0.15) is 6.04 Å². The van der Waals surface area contributed by atoms with Crippen molar-refractivity contribution in [1.29, 1.82) is 0 Å². The third-order valence-electron chi connectivity index (χ3n) is 5.12. The number of nitrogens with zero attached hydrogens (tertiary/aromatic N) is 1. The zero-order valence-corrected chi connectivity index (χ0v) is 16.4. The average molecular weight is 460 g/mol. The maximum Gasteiger partial charge on any atom is 0.416 e. The van der Waals surface area contributed by atoms with E-state index in [4.69, 9.17) is 5.11 Å². The molecule has 5 nitrogen and oxygen atoms in total. The molecule has 1 heterocycles. The van der Waals surface area contributed by atoms with Crippen LogP contribution in [-0.4, -0.2) is 34.6 Å². The monoisotopic (exact) mass is 460 g/mol. The molecule has 0 aromatic heterocycles. The van der Waals surface area contributed by atoms with Crippen LogP contribution in [0.5, 0.6) is 0 Å². The minimum Gasteiger partial charge on any atom is -0.465 e. The molecular weight excluding hydrogens is 442 g/mol. The van der Waals surface area contributed by atoms with Gasteiger partial charge in [0.05, 0.1) is 11.1 Å². The van der Waals surface area contributed by atoms with E-state index in [1.807, 2.05) is 0 Å². The van der Waals surface area contributed by atoms with Crippen molar-refractivity contribution < 1.29 is 41.0 Å². The number of halogens is 6. The summed E-state index contributed by atoms with van der Waals surface area (Å²) in [5, 5.41) is 11.7. The third kappa shape index (κ3) is 5.32. The van der Waals surface area contributed by atoms with Gasteiger partial charge in [-0.2, -0.15) is 26.3 Å². The Bertz CT molecular complexity index is 987. The minimum absolute atomic E-state index is 0.0589. The van der Waals surface area contributed by atoms with E-state index in [-0.39, 0.29) is 30.3 Å². The summed E-state index contributed by atoms with van der Waals surface area (Å²) >= 11 is 0. The van der Waals surface area contributed by atoms with Crippen molar-refractivity contribution in [1.82, 2.24) is 10.2 Å². The fourth-order valence-corrected chi connectivity index (χ4v) is 3.56. The summed E-state index contributed by atoms with van der Waals surface area (Å²) in [6.45, 7) is 0.168.